The van der Waals surface area contributed by atoms with Crippen LogP contribution in [0.5, 0.6) is 5.75 Å². The van der Waals surface area contributed by atoms with E-state index >= 15 is 0 Å². The minimum absolute atomic E-state index is 0.300. The van der Waals surface area contributed by atoms with Crippen LogP contribution in [0.2, 0.25) is 0 Å². The summed E-state index contributed by atoms with van der Waals surface area (Å²) in [4.78, 5) is 24.6. The van der Waals surface area contributed by atoms with Gasteiger partial charge in [-0.2, -0.15) is 0 Å². The number of ether oxygens (including phenoxy) is 2. The summed E-state index contributed by atoms with van der Waals surface area (Å²) in [5.74, 6) is -0.563. The van der Waals surface area contributed by atoms with Gasteiger partial charge in [0.25, 0.3) is 5.91 Å². The third-order valence-corrected chi connectivity index (χ3v) is 3.86. The van der Waals surface area contributed by atoms with E-state index in [-0.39, 0.29) is 5.91 Å². The topological polar surface area (TPSA) is 64.6 Å². The number of hydrogen-bond acceptors (Lipinski definition) is 4. The molecule has 0 aliphatic carbocycles. The van der Waals surface area contributed by atoms with Crippen LogP contribution in [0.1, 0.15) is 35.3 Å². The number of benzene rings is 2. The molecule has 1 N–H and O–H groups in total. The highest BCUT2D eigenvalue weighted by molar-refractivity contribution is 5.98. The maximum atomic E-state index is 12.3. The van der Waals surface area contributed by atoms with Crippen molar-refractivity contribution in [3.63, 3.8) is 0 Å². The zero-order valence-electron chi connectivity index (χ0n) is 15.0. The number of carbonyl (C=O) groups excluding carboxylic acids is 2. The zero-order chi connectivity index (χ0) is 18.4. The molecule has 5 nitrogen and oxygen atoms in total. The fraction of sp³-hybridized carbons (Fsp3) is 0.300. The van der Waals surface area contributed by atoms with Crippen LogP contribution in [0.3, 0.4) is 0 Å². The fourth-order valence-electron chi connectivity index (χ4n) is 2.33. The molecule has 1 amide bonds. The van der Waals surface area contributed by atoms with Crippen molar-refractivity contribution < 1.29 is 19.1 Å². The van der Waals surface area contributed by atoms with Gasteiger partial charge in [-0.15, -0.1) is 0 Å². The van der Waals surface area contributed by atoms with E-state index in [1.54, 1.807) is 12.1 Å². The Morgan fingerprint density at radius 1 is 1.12 bits per heavy atom. The van der Waals surface area contributed by atoms with Gasteiger partial charge in [-0.05, 0) is 50.1 Å². The maximum absolute atomic E-state index is 12.3. The van der Waals surface area contributed by atoms with E-state index in [1.807, 2.05) is 37.3 Å². The lowest BCUT2D eigenvalue weighted by Crippen LogP contribution is -2.30. The Hall–Kier alpha value is -2.82. The summed E-state index contributed by atoms with van der Waals surface area (Å²) in [5, 5.41) is 2.74. The molecular formula is C20H23NO4. The molecule has 1 atom stereocenters. The molecule has 0 radical (unpaired) electrons. The van der Waals surface area contributed by atoms with E-state index < -0.39 is 12.1 Å². The van der Waals surface area contributed by atoms with Crippen molar-refractivity contribution in [2.24, 2.45) is 0 Å². The van der Waals surface area contributed by atoms with Crippen molar-refractivity contribution in [2.75, 3.05) is 12.4 Å². The van der Waals surface area contributed by atoms with Gasteiger partial charge in [0.05, 0.1) is 7.11 Å². The molecule has 5 heteroatoms. The minimum Gasteiger partial charge on any atom is -0.496 e. The van der Waals surface area contributed by atoms with E-state index in [4.69, 9.17) is 9.47 Å². The van der Waals surface area contributed by atoms with Gasteiger partial charge in [0.1, 0.15) is 11.3 Å². The lowest BCUT2D eigenvalue weighted by molar-refractivity contribution is -0.123. The van der Waals surface area contributed by atoms with Gasteiger partial charge in [0.2, 0.25) is 0 Å². The summed E-state index contributed by atoms with van der Waals surface area (Å²) in [6.07, 6.45) is 0.00387. The van der Waals surface area contributed by atoms with Gasteiger partial charge in [0, 0.05) is 5.69 Å². The van der Waals surface area contributed by atoms with Crippen molar-refractivity contribution in [1.29, 1.82) is 0 Å². The normalized spacial score (nSPS) is 11.5. The Bertz CT molecular complexity index is 753. The predicted octanol–water partition coefficient (Wildman–Crippen LogP) is 3.75. The minimum atomic E-state index is -0.927. The third-order valence-electron chi connectivity index (χ3n) is 3.86. The molecule has 2 aromatic carbocycles. The smallest absolute Gasteiger partial charge is 0.342 e. The molecule has 0 aromatic heterocycles. The molecule has 0 spiro atoms. The summed E-state index contributed by atoms with van der Waals surface area (Å²) < 4.78 is 10.5. The Morgan fingerprint density at radius 3 is 2.40 bits per heavy atom. The van der Waals surface area contributed by atoms with Gasteiger partial charge >= 0.3 is 5.97 Å². The first-order chi connectivity index (χ1) is 11.9. The Morgan fingerprint density at radius 2 is 1.80 bits per heavy atom. The molecule has 0 unspecified atom stereocenters. The Labute approximate surface area is 148 Å². The number of aryl methyl sites for hydroxylation is 2. The highest BCUT2D eigenvalue weighted by Gasteiger charge is 2.21. The summed E-state index contributed by atoms with van der Waals surface area (Å²) in [5.41, 5.74) is 3.05. The highest BCUT2D eigenvalue weighted by Crippen LogP contribution is 2.21. The average molecular weight is 341 g/mol. The lowest BCUT2D eigenvalue weighted by atomic mass is 10.1. The number of esters is 1. The molecule has 0 fully saturated rings. The predicted molar refractivity (Wildman–Crippen MR) is 97.1 cm³/mol. The van der Waals surface area contributed by atoms with Gasteiger partial charge in [0.15, 0.2) is 6.10 Å². The van der Waals surface area contributed by atoms with E-state index in [2.05, 4.69) is 12.2 Å². The number of hydrogen-bond donors (Lipinski definition) is 1. The number of anilines is 1. The van der Waals surface area contributed by atoms with E-state index in [1.165, 1.54) is 19.6 Å². The van der Waals surface area contributed by atoms with Crippen molar-refractivity contribution in [2.45, 2.75) is 33.3 Å². The second-order valence-corrected chi connectivity index (χ2v) is 5.79. The Kier molecular flexibility index (Phi) is 6.17. The highest BCUT2D eigenvalue weighted by atomic mass is 16.5. The standard InChI is InChI=1S/C20H23NO4/c1-5-15-7-9-16(10-8-15)21-19(22)14(3)25-20(23)17-12-13(2)6-11-18(17)24-4/h6-12,14H,5H2,1-4H3,(H,21,22)/t14-/m0/s1. The third kappa shape index (κ3) is 4.83. The van der Waals surface area contributed by atoms with Crippen LogP contribution in [-0.2, 0) is 16.0 Å². The number of amides is 1. The van der Waals surface area contributed by atoms with Crippen LogP contribution < -0.4 is 10.1 Å². The number of methoxy groups -OCH3 is 1. The SMILES string of the molecule is CCc1ccc(NC(=O)[C@H](C)OC(=O)c2cc(C)ccc2OC)cc1. The van der Waals surface area contributed by atoms with Crippen LogP contribution in [-0.4, -0.2) is 25.1 Å². The molecule has 0 heterocycles. The van der Waals surface area contributed by atoms with Crippen LogP contribution >= 0.6 is 0 Å². The molecule has 0 saturated carbocycles. The Balaban J connectivity index is 2.02. The largest absolute Gasteiger partial charge is 0.496 e. The first kappa shape index (κ1) is 18.5. The maximum Gasteiger partial charge on any atom is 0.342 e. The van der Waals surface area contributed by atoms with Gasteiger partial charge in [-0.1, -0.05) is 30.7 Å². The summed E-state index contributed by atoms with van der Waals surface area (Å²) in [6, 6.07) is 12.8. The first-order valence-corrected chi connectivity index (χ1v) is 8.20. The molecule has 132 valence electrons. The van der Waals surface area contributed by atoms with Crippen LogP contribution in [0.25, 0.3) is 0 Å². The summed E-state index contributed by atoms with van der Waals surface area (Å²) >= 11 is 0. The van der Waals surface area contributed by atoms with Crippen LogP contribution in [0, 0.1) is 6.92 Å². The molecule has 2 rings (SSSR count). The molecule has 0 aliphatic heterocycles. The van der Waals surface area contributed by atoms with Crippen molar-refractivity contribution in [1.82, 2.24) is 0 Å². The van der Waals surface area contributed by atoms with Crippen LogP contribution in [0.4, 0.5) is 5.69 Å². The molecule has 0 bridgehead atoms. The second kappa shape index (κ2) is 8.33. The summed E-state index contributed by atoms with van der Waals surface area (Å²) in [6.45, 7) is 5.47. The molecule has 0 saturated heterocycles. The van der Waals surface area contributed by atoms with Gasteiger partial charge in [-0.25, -0.2) is 4.79 Å². The zero-order valence-corrected chi connectivity index (χ0v) is 15.0. The molecule has 25 heavy (non-hydrogen) atoms. The van der Waals surface area contributed by atoms with Crippen molar-refractivity contribution >= 4 is 17.6 Å². The lowest BCUT2D eigenvalue weighted by Gasteiger charge is -2.15. The number of nitrogens with one attached hydrogen (secondary N) is 1. The average Bonchev–Trinajstić information content (AvgIpc) is 2.62. The second-order valence-electron chi connectivity index (χ2n) is 5.79. The van der Waals surface area contributed by atoms with E-state index in [0.29, 0.717) is 17.0 Å². The van der Waals surface area contributed by atoms with E-state index in [0.717, 1.165) is 12.0 Å². The number of carbonyl (C=O) groups is 2. The van der Waals surface area contributed by atoms with Crippen molar-refractivity contribution in [3.05, 3.63) is 59.2 Å². The first-order valence-electron chi connectivity index (χ1n) is 8.20. The quantitative estimate of drug-likeness (QED) is 0.813. The molecular weight excluding hydrogens is 318 g/mol. The van der Waals surface area contributed by atoms with Crippen LogP contribution in [0.15, 0.2) is 42.5 Å². The van der Waals surface area contributed by atoms with E-state index in [9.17, 15) is 9.59 Å². The fourth-order valence-corrected chi connectivity index (χ4v) is 2.33. The van der Waals surface area contributed by atoms with Crippen molar-refractivity contribution in [3.8, 4) is 5.75 Å². The van der Waals surface area contributed by atoms with Gasteiger partial charge in [-0.3, -0.25) is 4.79 Å². The number of rotatable bonds is 6. The molecule has 2 aromatic rings. The monoisotopic (exact) mass is 341 g/mol. The molecule has 0 aliphatic rings. The van der Waals surface area contributed by atoms with Gasteiger partial charge < -0.3 is 14.8 Å². The summed E-state index contributed by atoms with van der Waals surface area (Å²) in [7, 11) is 1.48.